The van der Waals surface area contributed by atoms with Crippen LogP contribution in [0.25, 0.3) is 0 Å². The SMILES string of the molecule is CCN(c1cccc(C(N)=O)c1C)C1CCC(N(C)C)CC1. The first-order valence-corrected chi connectivity index (χ1v) is 8.28. The van der Waals surface area contributed by atoms with Crippen LogP contribution in [0, 0.1) is 6.92 Å². The highest BCUT2D eigenvalue weighted by molar-refractivity contribution is 5.95. The van der Waals surface area contributed by atoms with Crippen molar-refractivity contribution in [2.45, 2.75) is 51.6 Å². The molecule has 2 rings (SSSR count). The molecular weight excluding hydrogens is 274 g/mol. The Bertz CT molecular complexity index is 519. The lowest BCUT2D eigenvalue weighted by Crippen LogP contribution is -2.42. The van der Waals surface area contributed by atoms with E-state index in [-0.39, 0.29) is 5.91 Å². The average Bonchev–Trinajstić information content (AvgIpc) is 2.50. The summed E-state index contributed by atoms with van der Waals surface area (Å²) in [5.41, 5.74) is 8.29. The highest BCUT2D eigenvalue weighted by Gasteiger charge is 2.27. The molecule has 1 amide bonds. The summed E-state index contributed by atoms with van der Waals surface area (Å²) < 4.78 is 0. The zero-order chi connectivity index (χ0) is 16.3. The molecule has 0 bridgehead atoms. The Morgan fingerprint density at radius 2 is 1.77 bits per heavy atom. The maximum absolute atomic E-state index is 11.6. The highest BCUT2D eigenvalue weighted by atomic mass is 16.1. The molecule has 0 unspecified atom stereocenters. The van der Waals surface area contributed by atoms with E-state index in [0.717, 1.165) is 17.8 Å². The van der Waals surface area contributed by atoms with Gasteiger partial charge in [-0.25, -0.2) is 0 Å². The van der Waals surface area contributed by atoms with Gasteiger partial charge in [-0.2, -0.15) is 0 Å². The first-order chi connectivity index (χ1) is 10.5. The number of carbonyl (C=O) groups is 1. The standard InChI is InChI=1S/C18H29N3O/c1-5-21(15-11-9-14(10-12-15)20(3)4)17-8-6-7-16(13(17)2)18(19)22/h6-8,14-15H,5,9-12H2,1-4H3,(H2,19,22). The second-order valence-corrected chi connectivity index (χ2v) is 6.53. The molecule has 122 valence electrons. The van der Waals surface area contributed by atoms with Crippen molar-refractivity contribution in [2.24, 2.45) is 5.73 Å². The third kappa shape index (κ3) is 3.43. The molecule has 0 spiro atoms. The number of rotatable bonds is 5. The minimum atomic E-state index is -0.341. The van der Waals surface area contributed by atoms with Gasteiger partial charge in [-0.15, -0.1) is 0 Å². The van der Waals surface area contributed by atoms with E-state index in [0.29, 0.717) is 17.6 Å². The van der Waals surface area contributed by atoms with Gasteiger partial charge in [-0.1, -0.05) is 6.07 Å². The summed E-state index contributed by atoms with van der Waals surface area (Å²) in [7, 11) is 4.34. The molecule has 22 heavy (non-hydrogen) atoms. The smallest absolute Gasteiger partial charge is 0.249 e. The predicted octanol–water partition coefficient (Wildman–Crippen LogP) is 2.79. The second kappa shape index (κ2) is 7.14. The van der Waals surface area contributed by atoms with E-state index in [2.05, 4.69) is 36.9 Å². The van der Waals surface area contributed by atoms with Crippen LogP contribution in [0.1, 0.15) is 48.5 Å². The maximum Gasteiger partial charge on any atom is 0.249 e. The van der Waals surface area contributed by atoms with E-state index >= 15 is 0 Å². The molecule has 0 saturated heterocycles. The molecule has 0 aliphatic heterocycles. The lowest BCUT2D eigenvalue weighted by Gasteiger charge is -2.40. The fourth-order valence-corrected chi connectivity index (χ4v) is 3.71. The highest BCUT2D eigenvalue weighted by Crippen LogP contribution is 2.31. The molecular formula is C18H29N3O. The van der Waals surface area contributed by atoms with E-state index < -0.39 is 0 Å². The Hall–Kier alpha value is -1.55. The number of nitrogens with zero attached hydrogens (tertiary/aromatic N) is 2. The molecule has 4 nitrogen and oxygen atoms in total. The van der Waals surface area contributed by atoms with Crippen LogP contribution in [0.5, 0.6) is 0 Å². The average molecular weight is 303 g/mol. The second-order valence-electron chi connectivity index (χ2n) is 6.53. The fourth-order valence-electron chi connectivity index (χ4n) is 3.71. The van der Waals surface area contributed by atoms with Gasteiger partial charge >= 0.3 is 0 Å². The summed E-state index contributed by atoms with van der Waals surface area (Å²) in [5, 5.41) is 0. The van der Waals surface area contributed by atoms with E-state index in [4.69, 9.17) is 5.73 Å². The normalized spacial score (nSPS) is 21.9. The Kier molecular flexibility index (Phi) is 5.46. The molecule has 0 atom stereocenters. The lowest BCUT2D eigenvalue weighted by atomic mass is 9.89. The van der Waals surface area contributed by atoms with Crippen molar-refractivity contribution in [3.8, 4) is 0 Å². The Morgan fingerprint density at radius 1 is 1.18 bits per heavy atom. The largest absolute Gasteiger partial charge is 0.369 e. The summed E-state index contributed by atoms with van der Waals surface area (Å²) >= 11 is 0. The molecule has 0 radical (unpaired) electrons. The number of nitrogens with two attached hydrogens (primary N) is 1. The van der Waals surface area contributed by atoms with Crippen LogP contribution < -0.4 is 10.6 Å². The van der Waals surface area contributed by atoms with E-state index in [1.165, 1.54) is 25.7 Å². The number of hydrogen-bond acceptors (Lipinski definition) is 3. The minimum Gasteiger partial charge on any atom is -0.369 e. The van der Waals surface area contributed by atoms with Crippen molar-refractivity contribution >= 4 is 11.6 Å². The van der Waals surface area contributed by atoms with Crippen molar-refractivity contribution in [1.29, 1.82) is 0 Å². The summed E-state index contributed by atoms with van der Waals surface area (Å²) in [5.74, 6) is -0.341. The van der Waals surface area contributed by atoms with Crippen molar-refractivity contribution in [3.63, 3.8) is 0 Å². The molecule has 4 heteroatoms. The first kappa shape index (κ1) is 16.8. The van der Waals surface area contributed by atoms with Crippen LogP contribution in [0.2, 0.25) is 0 Å². The van der Waals surface area contributed by atoms with Gasteiger partial charge in [-0.05, 0) is 71.3 Å². The van der Waals surface area contributed by atoms with Crippen molar-refractivity contribution in [2.75, 3.05) is 25.5 Å². The van der Waals surface area contributed by atoms with Gasteiger partial charge in [0.1, 0.15) is 0 Å². The van der Waals surface area contributed by atoms with Crippen LogP contribution in [0.4, 0.5) is 5.69 Å². The van der Waals surface area contributed by atoms with E-state index in [1.54, 1.807) is 0 Å². The van der Waals surface area contributed by atoms with Crippen LogP contribution >= 0.6 is 0 Å². The molecule has 0 aromatic heterocycles. The maximum atomic E-state index is 11.6. The zero-order valence-corrected chi connectivity index (χ0v) is 14.3. The Balaban J connectivity index is 2.19. The number of primary amides is 1. The van der Waals surface area contributed by atoms with Crippen LogP contribution in [0.3, 0.4) is 0 Å². The van der Waals surface area contributed by atoms with Crippen LogP contribution in [-0.2, 0) is 0 Å². The molecule has 1 saturated carbocycles. The summed E-state index contributed by atoms with van der Waals surface area (Å²) in [6, 6.07) is 7.13. The molecule has 1 aliphatic rings. The number of benzene rings is 1. The summed E-state index contributed by atoms with van der Waals surface area (Å²) in [6.07, 6.45) is 4.89. The minimum absolute atomic E-state index is 0.341. The third-order valence-corrected chi connectivity index (χ3v) is 5.06. The number of amides is 1. The monoisotopic (exact) mass is 303 g/mol. The van der Waals surface area contributed by atoms with Gasteiger partial charge in [-0.3, -0.25) is 4.79 Å². The number of anilines is 1. The van der Waals surface area contributed by atoms with Gasteiger partial charge in [0.25, 0.3) is 0 Å². The summed E-state index contributed by atoms with van der Waals surface area (Å²) in [4.78, 5) is 16.4. The first-order valence-electron chi connectivity index (χ1n) is 8.28. The Morgan fingerprint density at radius 3 is 2.27 bits per heavy atom. The number of carbonyl (C=O) groups excluding carboxylic acids is 1. The zero-order valence-electron chi connectivity index (χ0n) is 14.3. The summed E-state index contributed by atoms with van der Waals surface area (Å²) in [6.45, 7) is 5.15. The van der Waals surface area contributed by atoms with Crippen molar-refractivity contribution in [3.05, 3.63) is 29.3 Å². The third-order valence-electron chi connectivity index (χ3n) is 5.06. The van der Waals surface area contributed by atoms with E-state index in [9.17, 15) is 4.79 Å². The molecule has 1 aliphatic carbocycles. The van der Waals surface area contributed by atoms with Crippen LogP contribution in [0.15, 0.2) is 18.2 Å². The van der Waals surface area contributed by atoms with Gasteiger partial charge in [0.2, 0.25) is 5.91 Å². The fraction of sp³-hybridized carbons (Fsp3) is 0.611. The topological polar surface area (TPSA) is 49.6 Å². The molecule has 1 aromatic rings. The molecule has 2 N–H and O–H groups in total. The Labute approximate surface area is 134 Å². The van der Waals surface area contributed by atoms with E-state index in [1.807, 2.05) is 19.1 Å². The van der Waals surface area contributed by atoms with Gasteiger partial charge in [0, 0.05) is 29.9 Å². The molecule has 0 heterocycles. The quantitative estimate of drug-likeness (QED) is 0.910. The molecule has 1 aromatic carbocycles. The molecule has 1 fully saturated rings. The van der Waals surface area contributed by atoms with Gasteiger partial charge in [0.05, 0.1) is 0 Å². The van der Waals surface area contributed by atoms with Crippen molar-refractivity contribution in [1.82, 2.24) is 4.90 Å². The number of hydrogen-bond donors (Lipinski definition) is 1. The van der Waals surface area contributed by atoms with Gasteiger partial charge < -0.3 is 15.5 Å². The van der Waals surface area contributed by atoms with Gasteiger partial charge in [0.15, 0.2) is 0 Å². The predicted molar refractivity (Wildman–Crippen MR) is 92.4 cm³/mol. The van der Waals surface area contributed by atoms with Crippen molar-refractivity contribution < 1.29 is 4.79 Å². The lowest BCUT2D eigenvalue weighted by molar-refractivity contribution is 0.0999. The van der Waals surface area contributed by atoms with Crippen LogP contribution in [-0.4, -0.2) is 43.5 Å².